The third kappa shape index (κ3) is 2.73. The Morgan fingerprint density at radius 1 is 1.19 bits per heavy atom. The Hall–Kier alpha value is -2.40. The van der Waals surface area contributed by atoms with Gasteiger partial charge in [-0.3, -0.25) is 0 Å². The summed E-state index contributed by atoms with van der Waals surface area (Å²) in [7, 11) is 0. The van der Waals surface area contributed by atoms with Gasteiger partial charge in [-0.2, -0.15) is 9.61 Å². The van der Waals surface area contributed by atoms with E-state index in [1.54, 1.807) is 0 Å². The van der Waals surface area contributed by atoms with Gasteiger partial charge in [0.2, 0.25) is 0 Å². The van der Waals surface area contributed by atoms with E-state index in [0.29, 0.717) is 13.1 Å². The second kappa shape index (κ2) is 5.93. The van der Waals surface area contributed by atoms with E-state index in [2.05, 4.69) is 34.5 Å². The first-order valence-electron chi connectivity index (χ1n) is 7.21. The van der Waals surface area contributed by atoms with Gasteiger partial charge in [0.05, 0.1) is 5.69 Å². The van der Waals surface area contributed by atoms with E-state index in [4.69, 9.17) is 5.73 Å². The zero-order chi connectivity index (χ0) is 14.7. The first-order valence-corrected chi connectivity index (χ1v) is 7.21. The van der Waals surface area contributed by atoms with Crippen LogP contribution in [0, 0.1) is 0 Å². The summed E-state index contributed by atoms with van der Waals surface area (Å²) in [4.78, 5) is 4.64. The maximum atomic E-state index is 5.58. The Morgan fingerprint density at radius 2 is 2.00 bits per heavy atom. The molecule has 5 heteroatoms. The van der Waals surface area contributed by atoms with Gasteiger partial charge in [-0.05, 0) is 6.42 Å². The van der Waals surface area contributed by atoms with Crippen LogP contribution < -0.4 is 11.1 Å². The van der Waals surface area contributed by atoms with Gasteiger partial charge in [-0.15, -0.1) is 0 Å². The predicted molar refractivity (Wildman–Crippen MR) is 85.3 cm³/mol. The number of fused-ring (bicyclic) bond motifs is 1. The van der Waals surface area contributed by atoms with Gasteiger partial charge in [0.1, 0.15) is 5.82 Å². The van der Waals surface area contributed by atoms with Crippen LogP contribution in [-0.4, -0.2) is 27.7 Å². The first-order chi connectivity index (χ1) is 10.3. The normalized spacial score (nSPS) is 11.0. The number of rotatable bonds is 5. The number of aromatic nitrogens is 3. The average molecular weight is 281 g/mol. The van der Waals surface area contributed by atoms with Gasteiger partial charge >= 0.3 is 0 Å². The van der Waals surface area contributed by atoms with E-state index in [-0.39, 0.29) is 0 Å². The van der Waals surface area contributed by atoms with Crippen molar-refractivity contribution < 1.29 is 0 Å². The summed E-state index contributed by atoms with van der Waals surface area (Å²) in [5, 5.41) is 7.97. The van der Waals surface area contributed by atoms with Crippen LogP contribution in [0.1, 0.15) is 12.6 Å². The second-order valence-electron chi connectivity index (χ2n) is 4.87. The fourth-order valence-corrected chi connectivity index (χ4v) is 2.28. The lowest BCUT2D eigenvalue weighted by Gasteiger charge is -2.08. The van der Waals surface area contributed by atoms with Gasteiger partial charge in [0, 0.05) is 36.5 Å². The van der Waals surface area contributed by atoms with E-state index in [1.807, 2.05) is 34.8 Å². The predicted octanol–water partition coefficient (Wildman–Crippen LogP) is 2.33. The molecule has 3 rings (SSSR count). The molecular weight excluding hydrogens is 262 g/mol. The number of hydrogen-bond donors (Lipinski definition) is 2. The molecule has 2 heterocycles. The van der Waals surface area contributed by atoms with Crippen molar-refractivity contribution in [2.75, 3.05) is 18.4 Å². The number of nitrogens with one attached hydrogen (secondary N) is 1. The summed E-state index contributed by atoms with van der Waals surface area (Å²) in [6.45, 7) is 3.39. The standard InChI is InChI=1S/C16H19N5/c1-2-13-10-15(18-9-8-17)21-16(19-13)11-14(20-21)12-6-4-3-5-7-12/h3-7,10-11,18H,2,8-9,17H2,1H3. The first kappa shape index (κ1) is 13.6. The molecule has 3 aromatic rings. The third-order valence-corrected chi connectivity index (χ3v) is 3.36. The number of aryl methyl sites for hydroxylation is 1. The van der Waals surface area contributed by atoms with E-state index in [9.17, 15) is 0 Å². The Kier molecular flexibility index (Phi) is 3.83. The van der Waals surface area contributed by atoms with Gasteiger partial charge in [0.25, 0.3) is 0 Å². The topological polar surface area (TPSA) is 68.2 Å². The summed E-state index contributed by atoms with van der Waals surface area (Å²) in [6.07, 6.45) is 0.889. The molecule has 108 valence electrons. The number of nitrogens with zero attached hydrogens (tertiary/aromatic N) is 3. The van der Waals surface area contributed by atoms with Crippen molar-refractivity contribution >= 4 is 11.5 Å². The molecule has 5 nitrogen and oxygen atoms in total. The molecule has 0 aliphatic carbocycles. The Morgan fingerprint density at radius 3 is 2.71 bits per heavy atom. The van der Waals surface area contributed by atoms with Crippen LogP contribution in [0.25, 0.3) is 16.9 Å². The van der Waals surface area contributed by atoms with Crippen LogP contribution in [0.5, 0.6) is 0 Å². The lowest BCUT2D eigenvalue weighted by molar-refractivity contribution is 0.898. The van der Waals surface area contributed by atoms with Crippen molar-refractivity contribution in [3.8, 4) is 11.3 Å². The van der Waals surface area contributed by atoms with Gasteiger partial charge in [0.15, 0.2) is 5.65 Å². The molecule has 0 spiro atoms. The summed E-state index contributed by atoms with van der Waals surface area (Å²) in [6, 6.07) is 14.2. The Bertz CT molecular complexity index is 733. The summed E-state index contributed by atoms with van der Waals surface area (Å²) >= 11 is 0. The smallest absolute Gasteiger partial charge is 0.158 e. The lowest BCUT2D eigenvalue weighted by atomic mass is 10.2. The molecule has 0 unspecified atom stereocenters. The third-order valence-electron chi connectivity index (χ3n) is 3.36. The maximum Gasteiger partial charge on any atom is 0.158 e. The highest BCUT2D eigenvalue weighted by Crippen LogP contribution is 2.21. The van der Waals surface area contributed by atoms with Gasteiger partial charge in [-0.1, -0.05) is 37.3 Å². The molecule has 0 atom stereocenters. The van der Waals surface area contributed by atoms with Gasteiger partial charge in [-0.25, -0.2) is 4.98 Å². The highest BCUT2D eigenvalue weighted by atomic mass is 15.3. The minimum absolute atomic E-state index is 0.581. The molecule has 0 bridgehead atoms. The largest absolute Gasteiger partial charge is 0.369 e. The summed E-state index contributed by atoms with van der Waals surface area (Å²) in [5.41, 5.74) is 9.49. The molecule has 3 N–H and O–H groups in total. The number of anilines is 1. The molecule has 0 aliphatic heterocycles. The van der Waals surface area contributed by atoms with Crippen molar-refractivity contribution in [1.82, 2.24) is 14.6 Å². The summed E-state index contributed by atoms with van der Waals surface area (Å²) < 4.78 is 1.84. The highest BCUT2D eigenvalue weighted by molar-refractivity contribution is 5.65. The second-order valence-corrected chi connectivity index (χ2v) is 4.87. The molecule has 0 aliphatic rings. The monoisotopic (exact) mass is 281 g/mol. The van der Waals surface area contributed by atoms with E-state index in [0.717, 1.165) is 34.8 Å². The maximum absolute atomic E-state index is 5.58. The number of benzene rings is 1. The van der Waals surface area contributed by atoms with Crippen molar-refractivity contribution in [3.05, 3.63) is 48.2 Å². The van der Waals surface area contributed by atoms with Crippen molar-refractivity contribution in [2.45, 2.75) is 13.3 Å². The number of nitrogens with two attached hydrogens (primary N) is 1. The lowest BCUT2D eigenvalue weighted by Crippen LogP contribution is -2.16. The van der Waals surface area contributed by atoms with E-state index in [1.165, 1.54) is 0 Å². The quantitative estimate of drug-likeness (QED) is 0.753. The molecular formula is C16H19N5. The number of hydrogen-bond acceptors (Lipinski definition) is 4. The van der Waals surface area contributed by atoms with Crippen LogP contribution in [0.15, 0.2) is 42.5 Å². The van der Waals surface area contributed by atoms with E-state index >= 15 is 0 Å². The van der Waals surface area contributed by atoms with Crippen LogP contribution >= 0.6 is 0 Å². The molecule has 0 saturated heterocycles. The van der Waals surface area contributed by atoms with Crippen LogP contribution in [-0.2, 0) is 6.42 Å². The zero-order valence-corrected chi connectivity index (χ0v) is 12.1. The molecule has 21 heavy (non-hydrogen) atoms. The molecule has 0 amide bonds. The molecule has 2 aromatic heterocycles. The molecule has 0 fully saturated rings. The highest BCUT2D eigenvalue weighted by Gasteiger charge is 2.10. The van der Waals surface area contributed by atoms with Crippen LogP contribution in [0.2, 0.25) is 0 Å². The molecule has 1 aromatic carbocycles. The van der Waals surface area contributed by atoms with Crippen molar-refractivity contribution in [2.24, 2.45) is 5.73 Å². The minimum Gasteiger partial charge on any atom is -0.369 e. The van der Waals surface area contributed by atoms with Crippen molar-refractivity contribution in [1.29, 1.82) is 0 Å². The minimum atomic E-state index is 0.581. The zero-order valence-electron chi connectivity index (χ0n) is 12.1. The average Bonchev–Trinajstić information content (AvgIpc) is 2.97. The van der Waals surface area contributed by atoms with Crippen LogP contribution in [0.4, 0.5) is 5.82 Å². The van der Waals surface area contributed by atoms with Crippen molar-refractivity contribution in [3.63, 3.8) is 0 Å². The van der Waals surface area contributed by atoms with Crippen LogP contribution in [0.3, 0.4) is 0 Å². The SMILES string of the molecule is CCc1cc(NCCN)n2nc(-c3ccccc3)cc2n1. The molecule has 0 saturated carbocycles. The van der Waals surface area contributed by atoms with Gasteiger partial charge < -0.3 is 11.1 Å². The molecule has 0 radical (unpaired) electrons. The fraction of sp³-hybridized carbons (Fsp3) is 0.250. The Labute approximate surface area is 123 Å². The summed E-state index contributed by atoms with van der Waals surface area (Å²) in [5.74, 6) is 0.935. The van der Waals surface area contributed by atoms with E-state index < -0.39 is 0 Å². The Balaban J connectivity index is 2.10. The fourth-order valence-electron chi connectivity index (χ4n) is 2.28.